The summed E-state index contributed by atoms with van der Waals surface area (Å²) in [6, 6.07) is 0. The predicted molar refractivity (Wildman–Crippen MR) is 37.9 cm³/mol. The molecular formula is C7H9N3O. The van der Waals surface area contributed by atoms with E-state index < -0.39 is 0 Å². The molecule has 58 valence electrons. The lowest BCUT2D eigenvalue weighted by Crippen LogP contribution is -1.97. The molecule has 4 heteroatoms. The highest BCUT2D eigenvalue weighted by Crippen LogP contribution is 2.14. The Morgan fingerprint density at radius 2 is 2.18 bits per heavy atom. The second kappa shape index (κ2) is 2.92. The SMILES string of the molecule is c1ncnc(CCC2CO2)n1. The van der Waals surface area contributed by atoms with Gasteiger partial charge in [0.2, 0.25) is 0 Å². The molecule has 11 heavy (non-hydrogen) atoms. The maximum atomic E-state index is 5.06. The zero-order valence-electron chi connectivity index (χ0n) is 6.10. The highest BCUT2D eigenvalue weighted by molar-refractivity contribution is 4.84. The number of hydrogen-bond donors (Lipinski definition) is 0. The molecule has 1 aliphatic heterocycles. The Kier molecular flexibility index (Phi) is 1.77. The van der Waals surface area contributed by atoms with Gasteiger partial charge in [0.1, 0.15) is 18.5 Å². The van der Waals surface area contributed by atoms with Crippen molar-refractivity contribution in [2.45, 2.75) is 18.9 Å². The summed E-state index contributed by atoms with van der Waals surface area (Å²) in [5.74, 6) is 0.857. The zero-order valence-corrected chi connectivity index (χ0v) is 6.10. The Morgan fingerprint density at radius 1 is 1.45 bits per heavy atom. The van der Waals surface area contributed by atoms with Gasteiger partial charge in [-0.2, -0.15) is 0 Å². The van der Waals surface area contributed by atoms with Crippen molar-refractivity contribution in [3.05, 3.63) is 18.5 Å². The lowest BCUT2D eigenvalue weighted by molar-refractivity contribution is 0.395. The Morgan fingerprint density at radius 3 is 2.82 bits per heavy atom. The van der Waals surface area contributed by atoms with Crippen LogP contribution in [-0.4, -0.2) is 27.7 Å². The van der Waals surface area contributed by atoms with Gasteiger partial charge in [-0.1, -0.05) is 0 Å². The van der Waals surface area contributed by atoms with E-state index in [1.165, 1.54) is 12.7 Å². The average Bonchev–Trinajstić information content (AvgIpc) is 2.86. The molecule has 1 atom stereocenters. The van der Waals surface area contributed by atoms with Gasteiger partial charge in [-0.15, -0.1) is 0 Å². The molecule has 0 amide bonds. The summed E-state index contributed by atoms with van der Waals surface area (Å²) >= 11 is 0. The van der Waals surface area contributed by atoms with Crippen molar-refractivity contribution in [1.29, 1.82) is 0 Å². The van der Waals surface area contributed by atoms with Crippen LogP contribution in [0, 0.1) is 0 Å². The first-order chi connectivity index (χ1) is 5.45. The van der Waals surface area contributed by atoms with Crippen LogP contribution in [0.3, 0.4) is 0 Å². The van der Waals surface area contributed by atoms with Crippen LogP contribution in [0.1, 0.15) is 12.2 Å². The smallest absolute Gasteiger partial charge is 0.132 e. The van der Waals surface area contributed by atoms with E-state index in [9.17, 15) is 0 Å². The van der Waals surface area contributed by atoms with Crippen LogP contribution in [0.5, 0.6) is 0 Å². The van der Waals surface area contributed by atoms with Gasteiger partial charge >= 0.3 is 0 Å². The molecule has 0 spiro atoms. The minimum atomic E-state index is 0.465. The van der Waals surface area contributed by atoms with Crippen LogP contribution in [0.15, 0.2) is 12.7 Å². The summed E-state index contributed by atoms with van der Waals surface area (Å²) in [4.78, 5) is 11.7. The van der Waals surface area contributed by atoms with Crippen molar-refractivity contribution in [2.75, 3.05) is 6.61 Å². The number of aromatic nitrogens is 3. The van der Waals surface area contributed by atoms with Gasteiger partial charge in [-0.25, -0.2) is 15.0 Å². The maximum absolute atomic E-state index is 5.06. The number of epoxide rings is 1. The first-order valence-electron chi connectivity index (χ1n) is 3.67. The molecule has 0 radical (unpaired) electrons. The van der Waals surface area contributed by atoms with E-state index in [1.807, 2.05) is 0 Å². The normalized spacial score (nSPS) is 21.6. The third-order valence-corrected chi connectivity index (χ3v) is 1.64. The van der Waals surface area contributed by atoms with Gasteiger partial charge in [-0.05, 0) is 6.42 Å². The van der Waals surface area contributed by atoms with Crippen molar-refractivity contribution < 1.29 is 4.74 Å². The summed E-state index contributed by atoms with van der Waals surface area (Å²) in [5.41, 5.74) is 0. The van der Waals surface area contributed by atoms with Crippen molar-refractivity contribution in [1.82, 2.24) is 15.0 Å². The van der Waals surface area contributed by atoms with Gasteiger partial charge in [-0.3, -0.25) is 0 Å². The summed E-state index contributed by atoms with van der Waals surface area (Å²) < 4.78 is 5.06. The van der Waals surface area contributed by atoms with Gasteiger partial charge < -0.3 is 4.74 Å². The molecule has 0 aromatic carbocycles. The lowest BCUT2D eigenvalue weighted by Gasteiger charge is -1.93. The fourth-order valence-electron chi connectivity index (χ4n) is 0.917. The first kappa shape index (κ1) is 6.67. The molecule has 2 rings (SSSR count). The van der Waals surface area contributed by atoms with Crippen LogP contribution in [0.2, 0.25) is 0 Å². The van der Waals surface area contributed by atoms with E-state index in [1.54, 1.807) is 0 Å². The van der Waals surface area contributed by atoms with E-state index in [4.69, 9.17) is 4.74 Å². The van der Waals surface area contributed by atoms with E-state index in [-0.39, 0.29) is 0 Å². The largest absolute Gasteiger partial charge is 0.373 e. The minimum Gasteiger partial charge on any atom is -0.373 e. The Balaban J connectivity index is 1.85. The van der Waals surface area contributed by atoms with Crippen molar-refractivity contribution in [2.24, 2.45) is 0 Å². The van der Waals surface area contributed by atoms with Crippen LogP contribution in [-0.2, 0) is 11.2 Å². The second-order valence-electron chi connectivity index (χ2n) is 2.55. The highest BCUT2D eigenvalue weighted by Gasteiger charge is 2.21. The maximum Gasteiger partial charge on any atom is 0.132 e. The van der Waals surface area contributed by atoms with Crippen LogP contribution < -0.4 is 0 Å². The minimum absolute atomic E-state index is 0.465. The molecule has 0 aliphatic carbocycles. The molecule has 1 unspecified atom stereocenters. The van der Waals surface area contributed by atoms with Crippen LogP contribution >= 0.6 is 0 Å². The number of ether oxygens (including phenoxy) is 1. The molecular weight excluding hydrogens is 142 g/mol. The Hall–Kier alpha value is -1.03. The summed E-state index contributed by atoms with van der Waals surface area (Å²) in [6.45, 7) is 0.908. The Bertz CT molecular complexity index is 222. The van der Waals surface area contributed by atoms with Gasteiger partial charge in [0.05, 0.1) is 12.7 Å². The topological polar surface area (TPSA) is 51.2 Å². The molecule has 1 aliphatic rings. The third-order valence-electron chi connectivity index (χ3n) is 1.64. The zero-order chi connectivity index (χ0) is 7.52. The van der Waals surface area contributed by atoms with Crippen molar-refractivity contribution in [3.63, 3.8) is 0 Å². The molecule has 1 fully saturated rings. The number of rotatable bonds is 3. The fraction of sp³-hybridized carbons (Fsp3) is 0.571. The quantitative estimate of drug-likeness (QED) is 0.579. The molecule has 0 saturated carbocycles. The highest BCUT2D eigenvalue weighted by atomic mass is 16.6. The van der Waals surface area contributed by atoms with Crippen molar-refractivity contribution >= 4 is 0 Å². The Labute approximate surface area is 64.7 Å². The first-order valence-corrected chi connectivity index (χ1v) is 3.67. The average molecular weight is 151 g/mol. The molecule has 1 saturated heterocycles. The summed E-state index contributed by atoms with van der Waals surface area (Å²) in [7, 11) is 0. The number of hydrogen-bond acceptors (Lipinski definition) is 4. The summed E-state index contributed by atoms with van der Waals surface area (Å²) in [5, 5.41) is 0. The monoisotopic (exact) mass is 151 g/mol. The molecule has 2 heterocycles. The number of aryl methyl sites for hydroxylation is 1. The lowest BCUT2D eigenvalue weighted by atomic mass is 10.2. The van der Waals surface area contributed by atoms with Gasteiger partial charge in [0.25, 0.3) is 0 Å². The van der Waals surface area contributed by atoms with Gasteiger partial charge in [0, 0.05) is 6.42 Å². The van der Waals surface area contributed by atoms with E-state index in [0.29, 0.717) is 6.10 Å². The van der Waals surface area contributed by atoms with Gasteiger partial charge in [0.15, 0.2) is 0 Å². The molecule has 0 bridgehead atoms. The van der Waals surface area contributed by atoms with E-state index in [2.05, 4.69) is 15.0 Å². The number of nitrogens with zero attached hydrogens (tertiary/aromatic N) is 3. The third kappa shape index (κ3) is 1.94. The van der Waals surface area contributed by atoms with E-state index >= 15 is 0 Å². The van der Waals surface area contributed by atoms with Crippen LogP contribution in [0.25, 0.3) is 0 Å². The standard InChI is InChI=1S/C7H9N3O/c1(6-3-11-6)2-7-9-4-8-5-10-7/h4-6H,1-3H2. The fourth-order valence-corrected chi connectivity index (χ4v) is 0.917. The van der Waals surface area contributed by atoms with E-state index in [0.717, 1.165) is 25.3 Å². The molecule has 1 aromatic rings. The molecule has 1 aromatic heterocycles. The molecule has 4 nitrogen and oxygen atoms in total. The van der Waals surface area contributed by atoms with Crippen molar-refractivity contribution in [3.8, 4) is 0 Å². The molecule has 0 N–H and O–H groups in total. The second-order valence-corrected chi connectivity index (χ2v) is 2.55. The summed E-state index contributed by atoms with van der Waals surface area (Å²) in [6.07, 6.45) is 5.44. The predicted octanol–water partition coefficient (Wildman–Crippen LogP) is 0.203. The van der Waals surface area contributed by atoms with Crippen LogP contribution in [0.4, 0.5) is 0 Å².